The van der Waals surface area contributed by atoms with Crippen LogP contribution in [0.2, 0.25) is 0 Å². The van der Waals surface area contributed by atoms with Crippen LogP contribution in [0.4, 0.5) is 5.82 Å². The molecule has 0 aromatic carbocycles. The Hall–Kier alpha value is -2.16. The first kappa shape index (κ1) is 15.9. The van der Waals surface area contributed by atoms with E-state index in [0.717, 1.165) is 11.3 Å². The number of carboxylic acid groups (broad SMARTS) is 1. The first-order valence-corrected chi connectivity index (χ1v) is 6.60. The zero-order chi connectivity index (χ0) is 15.3. The van der Waals surface area contributed by atoms with E-state index in [2.05, 4.69) is 16.3 Å². The molecule has 1 N–H and O–H groups in total. The molecule has 108 valence electrons. The Morgan fingerprint density at radius 3 is 2.55 bits per heavy atom. The topological polar surface area (TPSA) is 90.1 Å². The summed E-state index contributed by atoms with van der Waals surface area (Å²) in [6.07, 6.45) is 0.608. The third kappa shape index (κ3) is 3.67. The highest BCUT2D eigenvalue weighted by Crippen LogP contribution is 2.23. The minimum absolute atomic E-state index is 0.101. The standard InChI is InChI=1S/C14H20N4O2/c1-9(2)18(7-5-6-13(19)20)14-12(8-15)10(3)11(4)16-17-14/h9H,5-7H2,1-4H3,(H,19,20). The van der Waals surface area contributed by atoms with Crippen molar-refractivity contribution in [2.75, 3.05) is 11.4 Å². The number of aromatic nitrogens is 2. The van der Waals surface area contributed by atoms with Gasteiger partial charge in [-0.2, -0.15) is 10.4 Å². The molecule has 0 aliphatic carbocycles. The van der Waals surface area contributed by atoms with Crippen molar-refractivity contribution in [3.8, 4) is 6.07 Å². The van der Waals surface area contributed by atoms with Crippen molar-refractivity contribution in [3.05, 3.63) is 16.8 Å². The fraction of sp³-hybridized carbons (Fsp3) is 0.571. The van der Waals surface area contributed by atoms with Crippen LogP contribution in [0, 0.1) is 25.2 Å². The van der Waals surface area contributed by atoms with E-state index in [1.807, 2.05) is 32.6 Å². The van der Waals surface area contributed by atoms with Gasteiger partial charge in [-0.1, -0.05) is 0 Å². The number of hydrogen-bond donors (Lipinski definition) is 1. The molecule has 0 spiro atoms. The molecule has 0 aliphatic heterocycles. The Labute approximate surface area is 119 Å². The predicted octanol–water partition coefficient (Wildman–Crippen LogP) is 2.04. The minimum atomic E-state index is -0.819. The molecule has 0 atom stereocenters. The van der Waals surface area contributed by atoms with Crippen LogP contribution in [-0.4, -0.2) is 33.9 Å². The largest absolute Gasteiger partial charge is 0.481 e. The summed E-state index contributed by atoms with van der Waals surface area (Å²) >= 11 is 0. The molecule has 1 rings (SSSR count). The van der Waals surface area contributed by atoms with Crippen molar-refractivity contribution >= 4 is 11.8 Å². The van der Waals surface area contributed by atoms with Gasteiger partial charge in [-0.25, -0.2) is 0 Å². The molecule has 0 unspecified atom stereocenters. The Kier molecular flexibility index (Phi) is 5.44. The Morgan fingerprint density at radius 2 is 2.05 bits per heavy atom. The quantitative estimate of drug-likeness (QED) is 0.855. The van der Waals surface area contributed by atoms with Crippen LogP contribution in [0.3, 0.4) is 0 Å². The van der Waals surface area contributed by atoms with Crippen LogP contribution < -0.4 is 4.90 Å². The van der Waals surface area contributed by atoms with E-state index >= 15 is 0 Å². The number of aryl methyl sites for hydroxylation is 1. The number of anilines is 1. The van der Waals surface area contributed by atoms with E-state index < -0.39 is 5.97 Å². The van der Waals surface area contributed by atoms with E-state index in [4.69, 9.17) is 5.11 Å². The minimum Gasteiger partial charge on any atom is -0.481 e. The summed E-state index contributed by atoms with van der Waals surface area (Å²) < 4.78 is 0. The van der Waals surface area contributed by atoms with Crippen LogP contribution in [0.1, 0.15) is 43.5 Å². The van der Waals surface area contributed by atoms with Crippen molar-refractivity contribution in [1.82, 2.24) is 10.2 Å². The van der Waals surface area contributed by atoms with Crippen LogP contribution in [0.5, 0.6) is 0 Å². The summed E-state index contributed by atoms with van der Waals surface area (Å²) in [4.78, 5) is 12.5. The average Bonchev–Trinajstić information content (AvgIpc) is 2.37. The summed E-state index contributed by atoms with van der Waals surface area (Å²) in [6, 6.07) is 2.30. The Morgan fingerprint density at radius 1 is 1.40 bits per heavy atom. The van der Waals surface area contributed by atoms with Gasteiger partial charge < -0.3 is 10.0 Å². The van der Waals surface area contributed by atoms with Gasteiger partial charge in [0, 0.05) is 19.0 Å². The summed E-state index contributed by atoms with van der Waals surface area (Å²) in [5.41, 5.74) is 2.07. The van der Waals surface area contributed by atoms with Crippen molar-refractivity contribution < 1.29 is 9.90 Å². The number of hydrogen-bond acceptors (Lipinski definition) is 5. The first-order valence-electron chi connectivity index (χ1n) is 6.60. The monoisotopic (exact) mass is 276 g/mol. The second-order valence-electron chi connectivity index (χ2n) is 5.01. The molecule has 20 heavy (non-hydrogen) atoms. The third-order valence-corrected chi connectivity index (χ3v) is 3.23. The summed E-state index contributed by atoms with van der Waals surface area (Å²) in [5.74, 6) is -0.281. The van der Waals surface area contributed by atoms with Gasteiger partial charge >= 0.3 is 5.97 Å². The van der Waals surface area contributed by atoms with E-state index in [9.17, 15) is 10.1 Å². The van der Waals surface area contributed by atoms with Gasteiger partial charge in [-0.05, 0) is 39.7 Å². The van der Waals surface area contributed by atoms with E-state index in [0.29, 0.717) is 24.3 Å². The second-order valence-corrected chi connectivity index (χ2v) is 5.01. The number of carboxylic acids is 1. The number of nitriles is 1. The molecule has 0 amide bonds. The van der Waals surface area contributed by atoms with E-state index in [-0.39, 0.29) is 12.5 Å². The Bertz CT molecular complexity index is 535. The molecule has 1 heterocycles. The number of nitrogens with zero attached hydrogens (tertiary/aromatic N) is 4. The van der Waals surface area contributed by atoms with Crippen molar-refractivity contribution in [2.45, 2.75) is 46.6 Å². The normalized spacial score (nSPS) is 10.4. The van der Waals surface area contributed by atoms with Crippen LogP contribution >= 0.6 is 0 Å². The zero-order valence-corrected chi connectivity index (χ0v) is 12.3. The average molecular weight is 276 g/mol. The molecule has 1 aromatic heterocycles. The highest BCUT2D eigenvalue weighted by atomic mass is 16.4. The van der Waals surface area contributed by atoms with Gasteiger partial charge in [0.1, 0.15) is 11.6 Å². The number of rotatable bonds is 6. The zero-order valence-electron chi connectivity index (χ0n) is 12.3. The number of aliphatic carboxylic acids is 1. The lowest BCUT2D eigenvalue weighted by Gasteiger charge is -2.28. The molecule has 0 bridgehead atoms. The van der Waals surface area contributed by atoms with Crippen LogP contribution in [0.25, 0.3) is 0 Å². The summed E-state index contributed by atoms with van der Waals surface area (Å²) in [6.45, 7) is 8.17. The van der Waals surface area contributed by atoms with Gasteiger partial charge in [0.15, 0.2) is 5.82 Å². The highest BCUT2D eigenvalue weighted by molar-refractivity contribution is 5.66. The lowest BCUT2D eigenvalue weighted by Crippen LogP contribution is -2.34. The third-order valence-electron chi connectivity index (χ3n) is 3.23. The van der Waals surface area contributed by atoms with Gasteiger partial charge in [-0.3, -0.25) is 4.79 Å². The maximum Gasteiger partial charge on any atom is 0.303 e. The van der Waals surface area contributed by atoms with Crippen LogP contribution in [0.15, 0.2) is 0 Å². The highest BCUT2D eigenvalue weighted by Gasteiger charge is 2.19. The lowest BCUT2D eigenvalue weighted by atomic mass is 10.1. The molecule has 6 nitrogen and oxygen atoms in total. The van der Waals surface area contributed by atoms with Gasteiger partial charge in [0.05, 0.1) is 5.69 Å². The molecule has 0 saturated heterocycles. The molecule has 0 fully saturated rings. The summed E-state index contributed by atoms with van der Waals surface area (Å²) in [5, 5.41) is 26.3. The maximum absolute atomic E-state index is 10.6. The molecular weight excluding hydrogens is 256 g/mol. The fourth-order valence-electron chi connectivity index (χ4n) is 1.94. The predicted molar refractivity (Wildman–Crippen MR) is 75.6 cm³/mol. The van der Waals surface area contributed by atoms with E-state index in [1.165, 1.54) is 0 Å². The lowest BCUT2D eigenvalue weighted by molar-refractivity contribution is -0.137. The van der Waals surface area contributed by atoms with Crippen molar-refractivity contribution in [3.63, 3.8) is 0 Å². The van der Waals surface area contributed by atoms with E-state index in [1.54, 1.807) is 0 Å². The SMILES string of the molecule is Cc1nnc(N(CCCC(=O)O)C(C)C)c(C#N)c1C. The van der Waals surface area contributed by atoms with Gasteiger partial charge in [0.2, 0.25) is 0 Å². The summed E-state index contributed by atoms with van der Waals surface area (Å²) in [7, 11) is 0. The smallest absolute Gasteiger partial charge is 0.303 e. The fourth-order valence-corrected chi connectivity index (χ4v) is 1.94. The molecule has 6 heteroatoms. The molecule has 0 aliphatic rings. The molecule has 0 saturated carbocycles. The molecule has 1 aromatic rings. The number of carbonyl (C=O) groups is 1. The van der Waals surface area contributed by atoms with Crippen molar-refractivity contribution in [2.24, 2.45) is 0 Å². The molecule has 0 radical (unpaired) electrons. The van der Waals surface area contributed by atoms with Gasteiger partial charge in [-0.15, -0.1) is 5.10 Å². The first-order chi connectivity index (χ1) is 9.38. The molecular formula is C14H20N4O2. The Balaban J connectivity index is 3.07. The van der Waals surface area contributed by atoms with Gasteiger partial charge in [0.25, 0.3) is 0 Å². The maximum atomic E-state index is 10.6. The van der Waals surface area contributed by atoms with Crippen LogP contribution in [-0.2, 0) is 4.79 Å². The van der Waals surface area contributed by atoms with Crippen molar-refractivity contribution in [1.29, 1.82) is 5.26 Å². The second kappa shape index (κ2) is 6.85.